The lowest BCUT2D eigenvalue weighted by atomic mass is 9.98. The monoisotopic (exact) mass is 243 g/mol. The SMILES string of the molecule is Cl.NN1CCC[C@H](C(=O)NCC(F)F)C1. The fourth-order valence-corrected chi connectivity index (χ4v) is 1.54. The summed E-state index contributed by atoms with van der Waals surface area (Å²) in [6.45, 7) is 0.646. The molecule has 1 heterocycles. The molecule has 1 fully saturated rings. The predicted octanol–water partition coefficient (Wildman–Crippen LogP) is 0.375. The maximum Gasteiger partial charge on any atom is 0.255 e. The molecule has 0 bridgehead atoms. The Morgan fingerprint density at radius 3 is 2.80 bits per heavy atom. The standard InChI is InChI=1S/C8H15F2N3O.ClH/c9-7(10)4-12-8(14)6-2-1-3-13(11)5-6;/h6-7H,1-5,11H2,(H,12,14);1H/t6-;/m0./s1. The number of nitrogens with two attached hydrogens (primary N) is 1. The van der Waals surface area contributed by atoms with E-state index in [0.717, 1.165) is 19.4 Å². The average Bonchev–Trinajstić information content (AvgIpc) is 2.14. The molecule has 90 valence electrons. The number of halogens is 3. The van der Waals surface area contributed by atoms with Crippen molar-refractivity contribution in [3.05, 3.63) is 0 Å². The lowest BCUT2D eigenvalue weighted by molar-refractivity contribution is -0.127. The van der Waals surface area contributed by atoms with Gasteiger partial charge in [-0.3, -0.25) is 10.6 Å². The summed E-state index contributed by atoms with van der Waals surface area (Å²) in [4.78, 5) is 11.3. The zero-order chi connectivity index (χ0) is 10.6. The number of amides is 1. The second-order valence-corrected chi connectivity index (χ2v) is 3.47. The maximum atomic E-state index is 11.8. The maximum absolute atomic E-state index is 11.8. The Hall–Kier alpha value is -0.460. The third-order valence-corrected chi connectivity index (χ3v) is 2.25. The molecule has 1 aliphatic rings. The number of rotatable bonds is 3. The molecule has 0 aromatic heterocycles. The van der Waals surface area contributed by atoms with Crippen LogP contribution in [0, 0.1) is 5.92 Å². The van der Waals surface area contributed by atoms with Gasteiger partial charge in [0.15, 0.2) is 0 Å². The molecule has 1 atom stereocenters. The Morgan fingerprint density at radius 1 is 1.60 bits per heavy atom. The van der Waals surface area contributed by atoms with Crippen molar-refractivity contribution in [3.63, 3.8) is 0 Å². The third-order valence-electron chi connectivity index (χ3n) is 2.25. The number of nitrogens with one attached hydrogen (secondary N) is 1. The topological polar surface area (TPSA) is 58.4 Å². The molecule has 1 aliphatic heterocycles. The minimum Gasteiger partial charge on any atom is -0.350 e. The van der Waals surface area contributed by atoms with Gasteiger partial charge < -0.3 is 5.32 Å². The summed E-state index contributed by atoms with van der Waals surface area (Å²) in [5, 5.41) is 3.75. The van der Waals surface area contributed by atoms with E-state index in [1.807, 2.05) is 0 Å². The predicted molar refractivity (Wildman–Crippen MR) is 54.7 cm³/mol. The van der Waals surface area contributed by atoms with E-state index in [0.29, 0.717) is 6.54 Å². The van der Waals surface area contributed by atoms with E-state index in [4.69, 9.17) is 5.84 Å². The van der Waals surface area contributed by atoms with Crippen LogP contribution in [0.1, 0.15) is 12.8 Å². The highest BCUT2D eigenvalue weighted by molar-refractivity contribution is 5.85. The van der Waals surface area contributed by atoms with Gasteiger partial charge in [0.05, 0.1) is 12.5 Å². The van der Waals surface area contributed by atoms with Crippen LogP contribution >= 0.6 is 12.4 Å². The molecule has 3 N–H and O–H groups in total. The minimum atomic E-state index is -2.49. The van der Waals surface area contributed by atoms with E-state index in [9.17, 15) is 13.6 Å². The summed E-state index contributed by atoms with van der Waals surface area (Å²) in [5.74, 6) is 4.96. The Morgan fingerprint density at radius 2 is 2.27 bits per heavy atom. The highest BCUT2D eigenvalue weighted by Gasteiger charge is 2.24. The second kappa shape index (κ2) is 6.92. The van der Waals surface area contributed by atoms with Crippen LogP contribution in [0.25, 0.3) is 0 Å². The average molecular weight is 244 g/mol. The van der Waals surface area contributed by atoms with E-state index < -0.39 is 13.0 Å². The van der Waals surface area contributed by atoms with Crippen molar-refractivity contribution >= 4 is 18.3 Å². The van der Waals surface area contributed by atoms with Crippen molar-refractivity contribution in [1.29, 1.82) is 0 Å². The molecular weight excluding hydrogens is 228 g/mol. The molecule has 0 aromatic carbocycles. The van der Waals surface area contributed by atoms with Gasteiger partial charge in [-0.2, -0.15) is 0 Å². The molecule has 0 aliphatic carbocycles. The van der Waals surface area contributed by atoms with Crippen molar-refractivity contribution in [2.75, 3.05) is 19.6 Å². The van der Waals surface area contributed by atoms with E-state index in [1.54, 1.807) is 5.01 Å². The first kappa shape index (κ1) is 14.5. The van der Waals surface area contributed by atoms with Crippen LogP contribution in [0.5, 0.6) is 0 Å². The van der Waals surface area contributed by atoms with Crippen LogP contribution in [0.4, 0.5) is 8.78 Å². The number of hydrogen-bond acceptors (Lipinski definition) is 3. The van der Waals surface area contributed by atoms with Gasteiger partial charge in [0, 0.05) is 13.1 Å². The highest BCUT2D eigenvalue weighted by Crippen LogP contribution is 2.13. The van der Waals surface area contributed by atoms with Gasteiger partial charge in [-0.05, 0) is 12.8 Å². The number of carbonyl (C=O) groups is 1. The number of hydrogen-bond donors (Lipinski definition) is 2. The van der Waals surface area contributed by atoms with Crippen LogP contribution in [-0.4, -0.2) is 37.0 Å². The van der Waals surface area contributed by atoms with Gasteiger partial charge in [0.2, 0.25) is 5.91 Å². The largest absolute Gasteiger partial charge is 0.350 e. The summed E-state index contributed by atoms with van der Waals surface area (Å²) < 4.78 is 23.6. The summed E-state index contributed by atoms with van der Waals surface area (Å²) in [6, 6.07) is 0. The van der Waals surface area contributed by atoms with Gasteiger partial charge in [-0.25, -0.2) is 13.8 Å². The smallest absolute Gasteiger partial charge is 0.255 e. The number of alkyl halides is 2. The summed E-state index contributed by atoms with van der Waals surface area (Å²) in [5.41, 5.74) is 0. The minimum absolute atomic E-state index is 0. The number of piperidine rings is 1. The number of nitrogens with zero attached hydrogens (tertiary/aromatic N) is 1. The first-order valence-electron chi connectivity index (χ1n) is 4.65. The van der Waals surface area contributed by atoms with Crippen LogP contribution in [0.15, 0.2) is 0 Å². The summed E-state index contributed by atoms with van der Waals surface area (Å²) >= 11 is 0. The van der Waals surface area contributed by atoms with E-state index in [1.165, 1.54) is 0 Å². The number of hydrazine groups is 1. The summed E-state index contributed by atoms with van der Waals surface area (Å²) in [6.07, 6.45) is -0.928. The number of carbonyl (C=O) groups excluding carboxylic acids is 1. The van der Waals surface area contributed by atoms with Crippen LogP contribution < -0.4 is 11.2 Å². The molecule has 0 unspecified atom stereocenters. The van der Waals surface area contributed by atoms with Crippen LogP contribution in [0.3, 0.4) is 0 Å². The van der Waals surface area contributed by atoms with Crippen molar-refractivity contribution < 1.29 is 13.6 Å². The first-order valence-corrected chi connectivity index (χ1v) is 4.65. The molecule has 1 saturated heterocycles. The molecule has 1 rings (SSSR count). The Bertz CT molecular complexity index is 206. The van der Waals surface area contributed by atoms with Crippen molar-refractivity contribution in [2.45, 2.75) is 19.3 Å². The lowest BCUT2D eigenvalue weighted by Gasteiger charge is -2.28. The van der Waals surface area contributed by atoms with Crippen molar-refractivity contribution in [1.82, 2.24) is 10.3 Å². The quantitative estimate of drug-likeness (QED) is 0.705. The zero-order valence-electron chi connectivity index (χ0n) is 8.29. The lowest BCUT2D eigenvalue weighted by Crippen LogP contribution is -2.46. The van der Waals surface area contributed by atoms with Crippen molar-refractivity contribution in [3.8, 4) is 0 Å². The molecule has 0 saturated carbocycles. The van der Waals surface area contributed by atoms with Gasteiger partial charge in [-0.15, -0.1) is 12.4 Å². The molecular formula is C8H16ClF2N3O. The Balaban J connectivity index is 0.00000196. The second-order valence-electron chi connectivity index (χ2n) is 3.47. The molecule has 0 radical (unpaired) electrons. The van der Waals surface area contributed by atoms with E-state index >= 15 is 0 Å². The molecule has 0 aromatic rings. The van der Waals surface area contributed by atoms with Gasteiger partial charge in [0.1, 0.15) is 0 Å². The van der Waals surface area contributed by atoms with Crippen molar-refractivity contribution in [2.24, 2.45) is 11.8 Å². The highest BCUT2D eigenvalue weighted by atomic mass is 35.5. The summed E-state index contributed by atoms with van der Waals surface area (Å²) in [7, 11) is 0. The van der Waals surface area contributed by atoms with E-state index in [2.05, 4.69) is 5.32 Å². The molecule has 1 amide bonds. The third kappa shape index (κ3) is 5.25. The Labute approximate surface area is 93.6 Å². The van der Waals surface area contributed by atoms with Gasteiger partial charge in [0.25, 0.3) is 6.43 Å². The zero-order valence-corrected chi connectivity index (χ0v) is 9.10. The van der Waals surface area contributed by atoms with Gasteiger partial charge in [-0.1, -0.05) is 0 Å². The molecule has 0 spiro atoms. The fourth-order valence-electron chi connectivity index (χ4n) is 1.54. The normalized spacial score (nSPS) is 22.3. The molecule has 4 nitrogen and oxygen atoms in total. The molecule has 7 heteroatoms. The van der Waals surface area contributed by atoms with Crippen LogP contribution in [0.2, 0.25) is 0 Å². The first-order chi connectivity index (χ1) is 6.59. The Kier molecular flexibility index (Phi) is 6.71. The fraction of sp³-hybridized carbons (Fsp3) is 0.875. The molecule has 15 heavy (non-hydrogen) atoms. The van der Waals surface area contributed by atoms with Gasteiger partial charge >= 0.3 is 0 Å². The van der Waals surface area contributed by atoms with E-state index in [-0.39, 0.29) is 24.2 Å². The van der Waals surface area contributed by atoms with Crippen LogP contribution in [-0.2, 0) is 4.79 Å².